The molecule has 6 nitrogen and oxygen atoms in total. The Morgan fingerprint density at radius 2 is 1.55 bits per heavy atom. The van der Waals surface area contributed by atoms with Gasteiger partial charge in [-0.05, 0) is 26.2 Å². The lowest BCUT2D eigenvalue weighted by Gasteiger charge is -2.12. The van der Waals surface area contributed by atoms with Gasteiger partial charge in [-0.3, -0.25) is 4.98 Å². The molecule has 0 unspecified atom stereocenters. The van der Waals surface area contributed by atoms with Crippen LogP contribution in [0.25, 0.3) is 0 Å². The summed E-state index contributed by atoms with van der Waals surface area (Å²) in [6, 6.07) is 0. The van der Waals surface area contributed by atoms with Gasteiger partial charge in [0.15, 0.2) is 0 Å². The standard InChI is InChI=1S/C23H33NO5/c1-4-6-8-10-12-14-22(26)29-17-20-19(15-24-18(3)23(20)27)16-28-21(25)13-11-9-7-5-2/h11-15,27H,4-10,16-17H2,1-3H3/b13-11+,14-12+. The number of carbonyl (C=O) groups is 2. The number of hydrogen-bond acceptors (Lipinski definition) is 6. The fourth-order valence-electron chi connectivity index (χ4n) is 2.55. The lowest BCUT2D eigenvalue weighted by atomic mass is 10.1. The van der Waals surface area contributed by atoms with Crippen molar-refractivity contribution in [3.05, 3.63) is 47.3 Å². The number of nitrogens with zero attached hydrogens (tertiary/aromatic N) is 1. The Bertz CT molecular complexity index is 709. The molecule has 0 fully saturated rings. The third kappa shape index (κ3) is 9.92. The Morgan fingerprint density at radius 1 is 0.966 bits per heavy atom. The molecule has 1 aromatic heterocycles. The van der Waals surface area contributed by atoms with Crippen LogP contribution in [0.3, 0.4) is 0 Å². The number of unbranched alkanes of at least 4 members (excludes halogenated alkanes) is 5. The van der Waals surface area contributed by atoms with Gasteiger partial charge in [0.25, 0.3) is 0 Å². The predicted octanol–water partition coefficient (Wildman–Crippen LogP) is 5.06. The largest absolute Gasteiger partial charge is 0.506 e. The first kappa shape index (κ1) is 24.4. The number of allylic oxidation sites excluding steroid dienone is 2. The lowest BCUT2D eigenvalue weighted by Crippen LogP contribution is -2.08. The first-order valence-electron chi connectivity index (χ1n) is 10.3. The molecule has 0 aliphatic carbocycles. The van der Waals surface area contributed by atoms with Gasteiger partial charge >= 0.3 is 11.9 Å². The highest BCUT2D eigenvalue weighted by atomic mass is 16.5. The Labute approximate surface area is 173 Å². The smallest absolute Gasteiger partial charge is 0.330 e. The normalized spacial score (nSPS) is 11.3. The van der Waals surface area contributed by atoms with Crippen molar-refractivity contribution in [2.75, 3.05) is 0 Å². The van der Waals surface area contributed by atoms with E-state index in [1.807, 2.05) is 0 Å². The Kier molecular flexibility index (Phi) is 12.1. The van der Waals surface area contributed by atoms with Gasteiger partial charge in [0, 0.05) is 29.5 Å². The molecule has 0 aliphatic rings. The van der Waals surface area contributed by atoms with Crippen LogP contribution in [-0.2, 0) is 32.3 Å². The minimum atomic E-state index is -0.475. The highest BCUT2D eigenvalue weighted by molar-refractivity contribution is 5.82. The van der Waals surface area contributed by atoms with E-state index in [-0.39, 0.29) is 19.0 Å². The zero-order valence-electron chi connectivity index (χ0n) is 17.8. The minimum Gasteiger partial charge on any atom is -0.506 e. The molecule has 160 valence electrons. The molecular weight excluding hydrogens is 370 g/mol. The van der Waals surface area contributed by atoms with Crippen molar-refractivity contribution < 1.29 is 24.2 Å². The summed E-state index contributed by atoms with van der Waals surface area (Å²) in [4.78, 5) is 27.8. The molecule has 0 amide bonds. The van der Waals surface area contributed by atoms with Crippen LogP contribution in [0.1, 0.15) is 75.6 Å². The van der Waals surface area contributed by atoms with E-state index in [4.69, 9.17) is 9.47 Å². The molecule has 29 heavy (non-hydrogen) atoms. The lowest BCUT2D eigenvalue weighted by molar-refractivity contribution is -0.140. The van der Waals surface area contributed by atoms with Crippen molar-refractivity contribution in [3.63, 3.8) is 0 Å². The van der Waals surface area contributed by atoms with Crippen LogP contribution >= 0.6 is 0 Å². The summed E-state index contributed by atoms with van der Waals surface area (Å²) < 4.78 is 10.5. The maximum atomic E-state index is 11.9. The first-order chi connectivity index (χ1) is 14.0. The maximum absolute atomic E-state index is 11.9. The Morgan fingerprint density at radius 3 is 2.17 bits per heavy atom. The first-order valence-corrected chi connectivity index (χ1v) is 10.3. The number of ether oxygens (including phenoxy) is 2. The number of aromatic nitrogens is 1. The van der Waals surface area contributed by atoms with Crippen LogP contribution in [-0.4, -0.2) is 22.0 Å². The molecule has 0 saturated carbocycles. The molecule has 0 saturated heterocycles. The minimum absolute atomic E-state index is 0.0580. The van der Waals surface area contributed by atoms with Crippen LogP contribution in [0.4, 0.5) is 0 Å². The van der Waals surface area contributed by atoms with Gasteiger partial charge in [-0.25, -0.2) is 9.59 Å². The summed E-state index contributed by atoms with van der Waals surface area (Å²) in [7, 11) is 0. The van der Waals surface area contributed by atoms with E-state index >= 15 is 0 Å². The van der Waals surface area contributed by atoms with E-state index in [1.165, 1.54) is 18.3 Å². The number of esters is 2. The van der Waals surface area contributed by atoms with Gasteiger partial charge in [-0.1, -0.05) is 51.7 Å². The van der Waals surface area contributed by atoms with E-state index in [2.05, 4.69) is 18.8 Å². The van der Waals surface area contributed by atoms with Gasteiger partial charge in [-0.2, -0.15) is 0 Å². The van der Waals surface area contributed by atoms with Crippen molar-refractivity contribution in [3.8, 4) is 5.75 Å². The molecule has 0 aliphatic heterocycles. The number of aromatic hydroxyl groups is 1. The van der Waals surface area contributed by atoms with Gasteiger partial charge < -0.3 is 14.6 Å². The fraction of sp³-hybridized carbons (Fsp3) is 0.522. The molecule has 0 radical (unpaired) electrons. The van der Waals surface area contributed by atoms with E-state index in [1.54, 1.807) is 19.1 Å². The number of aryl methyl sites for hydroxylation is 1. The summed E-state index contributed by atoms with van der Waals surface area (Å²) in [5, 5.41) is 10.3. The second kappa shape index (κ2) is 14.4. The fourth-order valence-corrected chi connectivity index (χ4v) is 2.55. The molecule has 0 bridgehead atoms. The highest BCUT2D eigenvalue weighted by Gasteiger charge is 2.15. The molecular formula is C23H33NO5. The average Bonchev–Trinajstić information content (AvgIpc) is 2.71. The SMILES string of the molecule is CCCC/C=C/C(=O)OCc1cnc(C)c(O)c1COC(=O)/C=C/CCCCC. The molecule has 0 aromatic carbocycles. The summed E-state index contributed by atoms with van der Waals surface area (Å²) in [6.45, 7) is 5.68. The second-order valence-electron chi connectivity index (χ2n) is 6.85. The van der Waals surface area contributed by atoms with Crippen LogP contribution in [0.2, 0.25) is 0 Å². The average molecular weight is 404 g/mol. The molecule has 1 heterocycles. The number of rotatable bonds is 13. The summed E-state index contributed by atoms with van der Waals surface area (Å²) in [5.74, 6) is -0.993. The molecule has 1 N–H and O–H groups in total. The van der Waals surface area contributed by atoms with Gasteiger partial charge in [0.2, 0.25) is 0 Å². The second-order valence-corrected chi connectivity index (χ2v) is 6.85. The van der Waals surface area contributed by atoms with Gasteiger partial charge in [0.1, 0.15) is 19.0 Å². The van der Waals surface area contributed by atoms with E-state index in [0.717, 1.165) is 44.9 Å². The van der Waals surface area contributed by atoms with E-state index < -0.39 is 11.9 Å². The van der Waals surface area contributed by atoms with Crippen molar-refractivity contribution in [2.45, 2.75) is 78.9 Å². The topological polar surface area (TPSA) is 85.7 Å². The molecule has 0 spiro atoms. The Balaban J connectivity index is 2.65. The molecule has 1 aromatic rings. The van der Waals surface area contributed by atoms with Crippen molar-refractivity contribution >= 4 is 11.9 Å². The summed E-state index contributed by atoms with van der Waals surface area (Å²) in [5.41, 5.74) is 1.32. The molecule has 1 rings (SSSR count). The van der Waals surface area contributed by atoms with Crippen molar-refractivity contribution in [2.24, 2.45) is 0 Å². The van der Waals surface area contributed by atoms with Gasteiger partial charge in [-0.15, -0.1) is 0 Å². The van der Waals surface area contributed by atoms with Crippen LogP contribution in [0.15, 0.2) is 30.5 Å². The van der Waals surface area contributed by atoms with E-state index in [9.17, 15) is 14.7 Å². The summed E-state index contributed by atoms with van der Waals surface area (Å²) >= 11 is 0. The van der Waals surface area contributed by atoms with Crippen molar-refractivity contribution in [1.29, 1.82) is 0 Å². The molecule has 0 atom stereocenters. The van der Waals surface area contributed by atoms with Crippen molar-refractivity contribution in [1.82, 2.24) is 4.98 Å². The van der Waals surface area contributed by atoms with Crippen LogP contribution < -0.4 is 0 Å². The number of hydrogen-bond donors (Lipinski definition) is 1. The monoisotopic (exact) mass is 403 g/mol. The third-order valence-electron chi connectivity index (χ3n) is 4.37. The quantitative estimate of drug-likeness (QED) is 0.281. The molecule has 6 heteroatoms. The number of carbonyl (C=O) groups excluding carboxylic acids is 2. The maximum Gasteiger partial charge on any atom is 0.330 e. The van der Waals surface area contributed by atoms with Crippen LogP contribution in [0.5, 0.6) is 5.75 Å². The third-order valence-corrected chi connectivity index (χ3v) is 4.37. The zero-order chi connectivity index (χ0) is 21.5. The zero-order valence-corrected chi connectivity index (χ0v) is 17.8. The van der Waals surface area contributed by atoms with Gasteiger partial charge in [0.05, 0.1) is 5.69 Å². The Hall–Kier alpha value is -2.63. The summed E-state index contributed by atoms with van der Waals surface area (Å²) in [6.07, 6.45) is 14.9. The predicted molar refractivity (Wildman–Crippen MR) is 112 cm³/mol. The van der Waals surface area contributed by atoms with E-state index in [0.29, 0.717) is 16.8 Å². The van der Waals surface area contributed by atoms with Crippen LogP contribution in [0, 0.1) is 6.92 Å². The number of pyridine rings is 1. The highest BCUT2D eigenvalue weighted by Crippen LogP contribution is 2.25.